The Balaban J connectivity index is 3.25. The molecule has 2 unspecified atom stereocenters. The zero-order chi connectivity index (χ0) is 18.2. The molecule has 0 N–H and O–H groups in total. The number of nitrogens with zero attached hydrogens (tertiary/aromatic N) is 1. The first-order valence-corrected chi connectivity index (χ1v) is 9.20. The molecule has 136 valence electrons. The van der Waals surface area contributed by atoms with Crippen LogP contribution in [0.1, 0.15) is 66.2 Å². The minimum absolute atomic E-state index is 0.145. The Morgan fingerprint density at radius 3 is 2.29 bits per heavy atom. The van der Waals surface area contributed by atoms with Gasteiger partial charge >= 0.3 is 11.9 Å². The van der Waals surface area contributed by atoms with Gasteiger partial charge in [0.1, 0.15) is 0 Å². The van der Waals surface area contributed by atoms with Crippen LogP contribution in [-0.4, -0.2) is 25.2 Å². The Morgan fingerprint density at radius 1 is 1.21 bits per heavy atom. The zero-order valence-corrected chi connectivity index (χ0v) is 15.5. The normalized spacial score (nSPS) is 18.7. The fraction of sp³-hybridized carbons (Fsp3) is 0.842. The molecule has 0 amide bonds. The molecular weight excluding hydrogens is 306 g/mol. The van der Waals surface area contributed by atoms with E-state index in [9.17, 15) is 14.9 Å². The van der Waals surface area contributed by atoms with Gasteiger partial charge in [-0.25, -0.2) is 0 Å². The van der Waals surface area contributed by atoms with E-state index in [-0.39, 0.29) is 18.4 Å². The second-order valence-corrected chi connectivity index (χ2v) is 6.93. The Kier molecular flexibility index (Phi) is 8.24. The topological polar surface area (TPSA) is 76.4 Å². The van der Waals surface area contributed by atoms with Crippen LogP contribution in [-0.2, 0) is 19.1 Å². The summed E-state index contributed by atoms with van der Waals surface area (Å²) in [5.41, 5.74) is -1.44. The second kappa shape index (κ2) is 9.66. The van der Waals surface area contributed by atoms with Crippen molar-refractivity contribution in [3.63, 3.8) is 0 Å². The van der Waals surface area contributed by atoms with Gasteiger partial charge in [-0.2, -0.15) is 5.26 Å². The van der Waals surface area contributed by atoms with Crippen LogP contribution in [0.15, 0.2) is 0 Å². The van der Waals surface area contributed by atoms with Crippen molar-refractivity contribution in [2.75, 3.05) is 13.2 Å². The van der Waals surface area contributed by atoms with E-state index < -0.39 is 23.3 Å². The first-order chi connectivity index (χ1) is 11.4. The molecule has 0 aromatic carbocycles. The van der Waals surface area contributed by atoms with Gasteiger partial charge in [-0.15, -0.1) is 0 Å². The van der Waals surface area contributed by atoms with E-state index in [0.717, 1.165) is 38.5 Å². The third kappa shape index (κ3) is 4.28. The summed E-state index contributed by atoms with van der Waals surface area (Å²) in [5.74, 6) is -2.12. The van der Waals surface area contributed by atoms with Gasteiger partial charge < -0.3 is 9.47 Å². The van der Waals surface area contributed by atoms with Crippen molar-refractivity contribution in [1.29, 1.82) is 5.26 Å². The van der Waals surface area contributed by atoms with Crippen LogP contribution >= 0.6 is 0 Å². The highest BCUT2D eigenvalue weighted by molar-refractivity contribution is 5.88. The Hall–Kier alpha value is -1.57. The lowest BCUT2D eigenvalue weighted by Crippen LogP contribution is -2.50. The number of carbonyl (C=O) groups excluding carboxylic acids is 2. The van der Waals surface area contributed by atoms with E-state index in [1.54, 1.807) is 6.92 Å². The fourth-order valence-corrected chi connectivity index (χ4v) is 3.78. The summed E-state index contributed by atoms with van der Waals surface area (Å²) in [5, 5.41) is 10.0. The summed E-state index contributed by atoms with van der Waals surface area (Å²) < 4.78 is 10.7. The maximum Gasteiger partial charge on any atom is 0.327 e. The number of rotatable bonds is 9. The van der Waals surface area contributed by atoms with Crippen LogP contribution in [0.5, 0.6) is 0 Å². The second-order valence-electron chi connectivity index (χ2n) is 6.93. The van der Waals surface area contributed by atoms with E-state index in [1.165, 1.54) is 0 Å². The molecule has 5 nitrogen and oxygen atoms in total. The van der Waals surface area contributed by atoms with Crippen molar-refractivity contribution in [1.82, 2.24) is 0 Å². The molecular formula is C19H31NO4. The highest BCUT2D eigenvalue weighted by atomic mass is 16.5. The third-order valence-electron chi connectivity index (χ3n) is 4.95. The Bertz CT molecular complexity index is 462. The SMILES string of the molecule is CCCCOC(=O)C(C#N)(C1CCCC1)C(C(=O)OCC)C(C)C. The lowest BCUT2D eigenvalue weighted by molar-refractivity contribution is -0.172. The van der Waals surface area contributed by atoms with Gasteiger partial charge in [0.05, 0.1) is 25.2 Å². The van der Waals surface area contributed by atoms with Gasteiger partial charge in [-0.05, 0) is 38.0 Å². The quantitative estimate of drug-likeness (QED) is 0.471. The molecule has 5 heteroatoms. The summed E-state index contributed by atoms with van der Waals surface area (Å²) in [4.78, 5) is 25.6. The van der Waals surface area contributed by atoms with Crippen molar-refractivity contribution < 1.29 is 19.1 Å². The zero-order valence-electron chi connectivity index (χ0n) is 15.5. The number of unbranched alkanes of at least 4 members (excludes halogenated alkanes) is 1. The molecule has 0 heterocycles. The van der Waals surface area contributed by atoms with Gasteiger partial charge in [0.25, 0.3) is 0 Å². The molecule has 1 aliphatic rings. The molecule has 0 spiro atoms. The largest absolute Gasteiger partial charge is 0.466 e. The van der Waals surface area contributed by atoms with Crippen molar-refractivity contribution in [3.05, 3.63) is 0 Å². The average Bonchev–Trinajstić information content (AvgIpc) is 3.06. The van der Waals surface area contributed by atoms with Gasteiger partial charge in [-0.3, -0.25) is 9.59 Å². The van der Waals surface area contributed by atoms with E-state index in [1.807, 2.05) is 20.8 Å². The van der Waals surface area contributed by atoms with Crippen LogP contribution in [0, 0.1) is 34.5 Å². The summed E-state index contributed by atoms with van der Waals surface area (Å²) in [6.07, 6.45) is 5.16. The molecule has 2 atom stereocenters. The molecule has 1 fully saturated rings. The number of esters is 2. The summed E-state index contributed by atoms with van der Waals surface area (Å²) in [6.45, 7) is 8.00. The van der Waals surface area contributed by atoms with Crippen molar-refractivity contribution >= 4 is 11.9 Å². The third-order valence-corrected chi connectivity index (χ3v) is 4.95. The van der Waals surface area contributed by atoms with E-state index in [0.29, 0.717) is 6.61 Å². The monoisotopic (exact) mass is 337 g/mol. The fourth-order valence-electron chi connectivity index (χ4n) is 3.78. The minimum Gasteiger partial charge on any atom is -0.466 e. The highest BCUT2D eigenvalue weighted by Crippen LogP contribution is 2.48. The highest BCUT2D eigenvalue weighted by Gasteiger charge is 2.58. The number of ether oxygens (including phenoxy) is 2. The summed E-state index contributed by atoms with van der Waals surface area (Å²) in [7, 11) is 0. The van der Waals surface area contributed by atoms with Crippen LogP contribution in [0.25, 0.3) is 0 Å². The summed E-state index contributed by atoms with van der Waals surface area (Å²) >= 11 is 0. The van der Waals surface area contributed by atoms with Crippen molar-refractivity contribution in [3.8, 4) is 6.07 Å². The van der Waals surface area contributed by atoms with Crippen LogP contribution in [0.4, 0.5) is 0 Å². The van der Waals surface area contributed by atoms with Crippen LogP contribution in [0.3, 0.4) is 0 Å². The number of nitriles is 1. The predicted octanol–water partition coefficient (Wildman–Crippen LogP) is 3.87. The lowest BCUT2D eigenvalue weighted by atomic mass is 9.63. The standard InChI is InChI=1S/C19H31NO4/c1-5-7-12-24-18(22)19(13-20,15-10-8-9-11-15)16(14(3)4)17(21)23-6-2/h14-16H,5-12H2,1-4H3. The predicted molar refractivity (Wildman–Crippen MR) is 90.8 cm³/mol. The maximum absolute atomic E-state index is 13.0. The van der Waals surface area contributed by atoms with E-state index in [4.69, 9.17) is 9.47 Å². The molecule has 24 heavy (non-hydrogen) atoms. The van der Waals surface area contributed by atoms with Crippen molar-refractivity contribution in [2.45, 2.75) is 66.2 Å². The molecule has 0 radical (unpaired) electrons. The van der Waals surface area contributed by atoms with Gasteiger partial charge in [0, 0.05) is 0 Å². The average molecular weight is 337 g/mol. The molecule has 1 rings (SSSR count). The van der Waals surface area contributed by atoms with Gasteiger partial charge in [0.15, 0.2) is 5.41 Å². The number of hydrogen-bond acceptors (Lipinski definition) is 5. The molecule has 0 aromatic heterocycles. The first kappa shape index (κ1) is 20.5. The lowest BCUT2D eigenvalue weighted by Gasteiger charge is -2.38. The van der Waals surface area contributed by atoms with Crippen LogP contribution in [0.2, 0.25) is 0 Å². The molecule has 1 aliphatic carbocycles. The molecule has 1 saturated carbocycles. The number of hydrogen-bond donors (Lipinski definition) is 0. The summed E-state index contributed by atoms with van der Waals surface area (Å²) in [6, 6.07) is 2.23. The van der Waals surface area contributed by atoms with Crippen LogP contribution < -0.4 is 0 Å². The van der Waals surface area contributed by atoms with Gasteiger partial charge in [0.2, 0.25) is 0 Å². The van der Waals surface area contributed by atoms with E-state index in [2.05, 4.69) is 6.07 Å². The van der Waals surface area contributed by atoms with E-state index >= 15 is 0 Å². The molecule has 0 saturated heterocycles. The molecule has 0 aliphatic heterocycles. The minimum atomic E-state index is -1.44. The Labute approximate surface area is 145 Å². The molecule has 0 aromatic rings. The van der Waals surface area contributed by atoms with Gasteiger partial charge in [-0.1, -0.05) is 40.0 Å². The Morgan fingerprint density at radius 2 is 1.83 bits per heavy atom. The number of carbonyl (C=O) groups is 2. The molecule has 0 bridgehead atoms. The first-order valence-electron chi connectivity index (χ1n) is 9.20. The van der Waals surface area contributed by atoms with Crippen molar-refractivity contribution in [2.24, 2.45) is 23.2 Å². The smallest absolute Gasteiger partial charge is 0.327 e. The maximum atomic E-state index is 13.0.